The molecule has 0 fully saturated rings. The minimum atomic E-state index is -0.619. The molecule has 0 aliphatic carbocycles. The molecule has 1 aromatic heterocycles. The lowest BCUT2D eigenvalue weighted by atomic mass is 10.2. The van der Waals surface area contributed by atoms with Crippen molar-refractivity contribution in [2.24, 2.45) is 7.05 Å². The lowest BCUT2D eigenvalue weighted by molar-refractivity contribution is 0.0635. The van der Waals surface area contributed by atoms with Crippen LogP contribution in [0.1, 0.15) is 37.0 Å². The standard InChI is InChI=1S/C17H22N4O3/c1-11-6-8-12(9-7-11)18-15(22)14-19-13(10-21(14)5)20-16(23)24-17(2,3)4/h6-10H,1-5H3,(H,18,22)(H,20,23). The Kier molecular flexibility index (Phi) is 4.92. The second kappa shape index (κ2) is 6.74. The fourth-order valence-electron chi connectivity index (χ4n) is 1.97. The molecular weight excluding hydrogens is 308 g/mol. The zero-order valence-electron chi connectivity index (χ0n) is 14.5. The summed E-state index contributed by atoms with van der Waals surface area (Å²) in [6.45, 7) is 7.28. The van der Waals surface area contributed by atoms with Crippen LogP contribution in [0.4, 0.5) is 16.3 Å². The third-order valence-corrected chi connectivity index (χ3v) is 3.02. The number of anilines is 2. The van der Waals surface area contributed by atoms with Crippen LogP contribution in [0.3, 0.4) is 0 Å². The molecule has 2 aromatic rings. The highest BCUT2D eigenvalue weighted by molar-refractivity contribution is 6.02. The Labute approximate surface area is 141 Å². The van der Waals surface area contributed by atoms with Gasteiger partial charge in [0.15, 0.2) is 5.82 Å². The average molecular weight is 330 g/mol. The van der Waals surface area contributed by atoms with E-state index in [0.717, 1.165) is 5.56 Å². The quantitative estimate of drug-likeness (QED) is 0.904. The molecule has 0 bridgehead atoms. The van der Waals surface area contributed by atoms with Crippen LogP contribution in [0.25, 0.3) is 0 Å². The largest absolute Gasteiger partial charge is 0.444 e. The molecule has 0 saturated heterocycles. The van der Waals surface area contributed by atoms with Gasteiger partial charge in [0.1, 0.15) is 5.60 Å². The summed E-state index contributed by atoms with van der Waals surface area (Å²) in [7, 11) is 1.68. The second-order valence-corrected chi connectivity index (χ2v) is 6.51. The van der Waals surface area contributed by atoms with Gasteiger partial charge in [0.05, 0.1) is 0 Å². The van der Waals surface area contributed by atoms with Crippen LogP contribution < -0.4 is 10.6 Å². The third kappa shape index (κ3) is 4.84. The van der Waals surface area contributed by atoms with Crippen molar-refractivity contribution < 1.29 is 14.3 Å². The summed E-state index contributed by atoms with van der Waals surface area (Å²) in [5.74, 6) is 0.0704. The highest BCUT2D eigenvalue weighted by Crippen LogP contribution is 2.14. The summed E-state index contributed by atoms with van der Waals surface area (Å²) in [5.41, 5.74) is 1.17. The average Bonchev–Trinajstić information content (AvgIpc) is 2.80. The molecule has 0 saturated carbocycles. The van der Waals surface area contributed by atoms with Crippen molar-refractivity contribution in [1.82, 2.24) is 9.55 Å². The van der Waals surface area contributed by atoms with E-state index in [-0.39, 0.29) is 17.5 Å². The number of rotatable bonds is 3. The number of hydrogen-bond acceptors (Lipinski definition) is 4. The molecule has 0 aliphatic heterocycles. The highest BCUT2D eigenvalue weighted by Gasteiger charge is 2.19. The van der Waals surface area contributed by atoms with Gasteiger partial charge in [-0.3, -0.25) is 10.1 Å². The number of aryl methyl sites for hydroxylation is 2. The zero-order chi connectivity index (χ0) is 17.9. The number of carbonyl (C=O) groups excluding carboxylic acids is 2. The summed E-state index contributed by atoms with van der Waals surface area (Å²) in [5, 5.41) is 5.28. The second-order valence-electron chi connectivity index (χ2n) is 6.51. The third-order valence-electron chi connectivity index (χ3n) is 3.02. The maximum absolute atomic E-state index is 12.3. The van der Waals surface area contributed by atoms with Crippen LogP contribution in [0, 0.1) is 6.92 Å². The minimum Gasteiger partial charge on any atom is -0.444 e. The number of hydrogen-bond donors (Lipinski definition) is 2. The molecule has 7 heteroatoms. The van der Waals surface area contributed by atoms with Gasteiger partial charge in [0, 0.05) is 18.9 Å². The van der Waals surface area contributed by atoms with E-state index >= 15 is 0 Å². The van der Waals surface area contributed by atoms with E-state index in [9.17, 15) is 9.59 Å². The van der Waals surface area contributed by atoms with Crippen molar-refractivity contribution in [3.8, 4) is 0 Å². The fraction of sp³-hybridized carbons (Fsp3) is 0.353. The monoisotopic (exact) mass is 330 g/mol. The van der Waals surface area contributed by atoms with E-state index in [4.69, 9.17) is 4.74 Å². The van der Waals surface area contributed by atoms with Crippen LogP contribution in [0.5, 0.6) is 0 Å². The van der Waals surface area contributed by atoms with Crippen molar-refractivity contribution in [2.75, 3.05) is 10.6 Å². The summed E-state index contributed by atoms with van der Waals surface area (Å²) in [4.78, 5) is 28.2. The molecule has 0 unspecified atom stereocenters. The molecule has 0 aliphatic rings. The first-order valence-corrected chi connectivity index (χ1v) is 7.55. The Balaban J connectivity index is 2.06. The van der Waals surface area contributed by atoms with Crippen LogP contribution in [0.15, 0.2) is 30.5 Å². The lowest BCUT2D eigenvalue weighted by Crippen LogP contribution is -2.27. The number of imidazole rings is 1. The van der Waals surface area contributed by atoms with Gasteiger partial charge in [0.25, 0.3) is 5.91 Å². The highest BCUT2D eigenvalue weighted by atomic mass is 16.6. The normalized spacial score (nSPS) is 11.0. The van der Waals surface area contributed by atoms with Crippen LogP contribution in [-0.4, -0.2) is 27.2 Å². The van der Waals surface area contributed by atoms with Crippen molar-refractivity contribution >= 4 is 23.5 Å². The number of nitrogens with zero attached hydrogens (tertiary/aromatic N) is 2. The molecule has 128 valence electrons. The summed E-state index contributed by atoms with van der Waals surface area (Å²) in [6, 6.07) is 7.44. The van der Waals surface area contributed by atoms with Crippen molar-refractivity contribution in [2.45, 2.75) is 33.3 Å². The van der Waals surface area contributed by atoms with E-state index < -0.39 is 11.7 Å². The van der Waals surface area contributed by atoms with Gasteiger partial charge in [-0.2, -0.15) is 0 Å². The lowest BCUT2D eigenvalue weighted by Gasteiger charge is -2.18. The maximum Gasteiger partial charge on any atom is 0.413 e. The SMILES string of the molecule is Cc1ccc(NC(=O)c2nc(NC(=O)OC(C)(C)C)cn2C)cc1. The van der Waals surface area contributed by atoms with Crippen LogP contribution in [-0.2, 0) is 11.8 Å². The van der Waals surface area contributed by atoms with Gasteiger partial charge >= 0.3 is 6.09 Å². The maximum atomic E-state index is 12.3. The van der Waals surface area contributed by atoms with Gasteiger partial charge in [-0.1, -0.05) is 17.7 Å². The summed E-state index contributed by atoms with van der Waals surface area (Å²) in [6.07, 6.45) is 0.930. The van der Waals surface area contributed by atoms with Gasteiger partial charge < -0.3 is 14.6 Å². The van der Waals surface area contributed by atoms with E-state index in [1.807, 2.05) is 31.2 Å². The molecular formula is C17H22N4O3. The van der Waals surface area contributed by atoms with E-state index in [2.05, 4.69) is 15.6 Å². The predicted octanol–water partition coefficient (Wildman–Crippen LogP) is 3.33. The minimum absolute atomic E-state index is 0.182. The van der Waals surface area contributed by atoms with E-state index in [1.165, 1.54) is 4.57 Å². The smallest absolute Gasteiger partial charge is 0.413 e. The first-order valence-electron chi connectivity index (χ1n) is 7.55. The van der Waals surface area contributed by atoms with E-state index in [1.54, 1.807) is 34.0 Å². The van der Waals surface area contributed by atoms with Gasteiger partial charge in [0.2, 0.25) is 5.82 Å². The molecule has 1 aromatic carbocycles. The first-order chi connectivity index (χ1) is 11.1. The Morgan fingerprint density at radius 3 is 2.33 bits per heavy atom. The van der Waals surface area contributed by atoms with Crippen molar-refractivity contribution in [3.05, 3.63) is 41.9 Å². The molecule has 0 spiro atoms. The Morgan fingerprint density at radius 1 is 1.12 bits per heavy atom. The number of benzene rings is 1. The molecule has 0 atom stereocenters. The number of ether oxygens (including phenoxy) is 1. The summed E-state index contributed by atoms with van der Waals surface area (Å²) < 4.78 is 6.70. The molecule has 2 rings (SSSR count). The van der Waals surface area contributed by atoms with Crippen LogP contribution in [0.2, 0.25) is 0 Å². The number of carbonyl (C=O) groups is 2. The number of nitrogens with one attached hydrogen (secondary N) is 2. The fourth-order valence-corrected chi connectivity index (χ4v) is 1.97. The molecule has 24 heavy (non-hydrogen) atoms. The van der Waals surface area contributed by atoms with Crippen molar-refractivity contribution in [3.63, 3.8) is 0 Å². The summed E-state index contributed by atoms with van der Waals surface area (Å²) >= 11 is 0. The number of aromatic nitrogens is 2. The Hall–Kier alpha value is -2.83. The van der Waals surface area contributed by atoms with Gasteiger partial charge in [-0.15, -0.1) is 0 Å². The molecule has 7 nitrogen and oxygen atoms in total. The molecule has 1 heterocycles. The topological polar surface area (TPSA) is 85.2 Å². The molecule has 0 radical (unpaired) electrons. The zero-order valence-corrected chi connectivity index (χ0v) is 14.5. The predicted molar refractivity (Wildman–Crippen MR) is 92.2 cm³/mol. The Bertz CT molecular complexity index is 742. The van der Waals surface area contributed by atoms with Gasteiger partial charge in [-0.25, -0.2) is 9.78 Å². The Morgan fingerprint density at radius 2 is 1.75 bits per heavy atom. The molecule has 2 amide bonds. The van der Waals surface area contributed by atoms with Gasteiger partial charge in [-0.05, 0) is 39.8 Å². The van der Waals surface area contributed by atoms with E-state index in [0.29, 0.717) is 5.69 Å². The van der Waals surface area contributed by atoms with Crippen LogP contribution >= 0.6 is 0 Å². The first kappa shape index (κ1) is 17.5. The molecule has 2 N–H and O–H groups in total. The number of amides is 2. The van der Waals surface area contributed by atoms with Crippen molar-refractivity contribution in [1.29, 1.82) is 0 Å².